The summed E-state index contributed by atoms with van der Waals surface area (Å²) < 4.78 is 50.5. The Morgan fingerprint density at radius 1 is 0.905 bits per heavy atom. The number of aromatic hydroxyl groups is 1. The first-order chi connectivity index (χ1) is 9.50. The fourth-order valence-electron chi connectivity index (χ4n) is 0.971. The van der Waals surface area contributed by atoms with Gasteiger partial charge in [0.2, 0.25) is 0 Å². The van der Waals surface area contributed by atoms with Crippen LogP contribution in [-0.4, -0.2) is 5.11 Å². The summed E-state index contributed by atoms with van der Waals surface area (Å²) in [5.74, 6) is -0.169. The van der Waals surface area contributed by atoms with E-state index in [9.17, 15) is 13.2 Å². The van der Waals surface area contributed by atoms with Crippen LogP contribution in [0.25, 0.3) is 0 Å². The van der Waals surface area contributed by atoms with Crippen LogP contribution in [0.2, 0.25) is 0 Å². The van der Waals surface area contributed by atoms with Gasteiger partial charge in [0.05, 0.1) is 5.56 Å². The van der Waals surface area contributed by atoms with Gasteiger partial charge in [-0.15, -0.1) is 0 Å². The van der Waals surface area contributed by atoms with Crippen molar-refractivity contribution in [2.45, 2.75) is 6.18 Å². The van der Waals surface area contributed by atoms with Crippen LogP contribution in [0.15, 0.2) is 54.6 Å². The number of benzene rings is 1. The average Bonchev–Trinajstić information content (AvgIpc) is 3.02. The predicted molar refractivity (Wildman–Crippen MR) is 63.0 cm³/mol. The van der Waals surface area contributed by atoms with Crippen LogP contribution in [0.5, 0.6) is 5.75 Å². The maximum Gasteiger partial charge on any atom is 0 e. The summed E-state index contributed by atoms with van der Waals surface area (Å²) in [5.41, 5.74) is -0.754. The van der Waals surface area contributed by atoms with Crippen LogP contribution in [-0.2, 0) is 32.5 Å². The van der Waals surface area contributed by atoms with E-state index < -0.39 is 11.7 Å². The van der Waals surface area contributed by atoms with Gasteiger partial charge in [-0.3, -0.25) is 0 Å². The number of phenols is 1. The summed E-state index contributed by atoms with van der Waals surface area (Å²) >= 11 is 0. The zero-order valence-electron chi connectivity index (χ0n) is 10.4. The maximum atomic E-state index is 11.8. The van der Waals surface area contributed by atoms with Crippen molar-refractivity contribution < 1.29 is 44.7 Å². The van der Waals surface area contributed by atoms with Crippen molar-refractivity contribution in [2.24, 2.45) is 0 Å². The van der Waals surface area contributed by atoms with E-state index >= 15 is 0 Å². The van der Waals surface area contributed by atoms with Crippen LogP contribution in [0.3, 0.4) is 0 Å². The van der Waals surface area contributed by atoms with E-state index in [4.69, 9.17) is 14.4 Å². The quantitative estimate of drug-likeness (QED) is 0.444. The first-order valence-electron chi connectivity index (χ1n) is 4.94. The van der Waals surface area contributed by atoms with Crippen molar-refractivity contribution in [3.05, 3.63) is 73.5 Å². The monoisotopic (exact) mass is 339 g/mol. The van der Waals surface area contributed by atoms with Gasteiger partial charge in [-0.05, 0) is 24.3 Å². The molecule has 0 bridgehead atoms. The molecule has 0 saturated carbocycles. The molecule has 0 fully saturated rings. The molecule has 0 amide bonds. The van der Waals surface area contributed by atoms with Crippen LogP contribution in [0, 0.1) is 13.3 Å². The molecule has 0 aliphatic heterocycles. The first-order valence-corrected chi connectivity index (χ1v) is 4.94. The SMILES string of the molecule is Oc1ccc(C(F)(F)F)cc1.[C-]#[O+].[C-]#[O+].[Fe].c1cc[cH-]c1. The third kappa shape index (κ3) is 12.9. The van der Waals surface area contributed by atoms with E-state index in [1.165, 1.54) is 0 Å². The molecule has 0 saturated heterocycles. The Morgan fingerprint density at radius 2 is 1.29 bits per heavy atom. The Bertz CT molecular complexity index is 450. The van der Waals surface area contributed by atoms with Gasteiger partial charge in [0, 0.05) is 17.1 Å². The van der Waals surface area contributed by atoms with Gasteiger partial charge in [0.25, 0.3) is 0 Å². The van der Waals surface area contributed by atoms with E-state index in [-0.39, 0.29) is 22.8 Å². The summed E-state index contributed by atoms with van der Waals surface area (Å²) in [6.07, 6.45) is -4.33. The molecule has 21 heavy (non-hydrogen) atoms. The van der Waals surface area contributed by atoms with E-state index in [1.807, 2.05) is 30.3 Å². The minimum Gasteiger partial charge on any atom is -0.214 e. The van der Waals surface area contributed by atoms with Crippen molar-refractivity contribution in [3.8, 4) is 5.75 Å². The fraction of sp³-hybridized carbons (Fsp3) is 0.0714. The topological polar surface area (TPSA) is 60.0 Å². The predicted octanol–water partition coefficient (Wildman–Crippen LogP) is 3.74. The Hall–Kier alpha value is -1.84. The second kappa shape index (κ2) is 14.6. The number of halogens is 3. The molecule has 0 aliphatic rings. The molecule has 2 aromatic rings. The molecule has 7 heteroatoms. The average molecular weight is 339 g/mol. The largest absolute Gasteiger partial charge is 0.214 e. The van der Waals surface area contributed by atoms with Gasteiger partial charge in [0.15, 0.2) is 0 Å². The standard InChI is InChI=1S/C7H5F3O.C5H5.2CO.Fe/c8-7(9,10)5-1-3-6(11)4-2-5;1-2-4-5-3-1;2*1-2;/h1-4,11H;1-5H;;;/q;-1;;;. The molecular formula is C14H10F3FeO3-. The normalized spacial score (nSPS) is 8.14. The van der Waals surface area contributed by atoms with Gasteiger partial charge >= 0.3 is 28.8 Å². The van der Waals surface area contributed by atoms with Crippen LogP contribution in [0.4, 0.5) is 13.2 Å². The molecule has 0 unspecified atom stereocenters. The van der Waals surface area contributed by atoms with Crippen molar-refractivity contribution >= 4 is 0 Å². The number of hydrogen-bond acceptors (Lipinski definition) is 1. The number of hydrogen-bond donors (Lipinski definition) is 1. The second-order valence-electron chi connectivity index (χ2n) is 3.01. The molecule has 0 atom stereocenters. The Morgan fingerprint density at radius 3 is 1.52 bits per heavy atom. The minimum absolute atomic E-state index is 0. The molecule has 1 N–H and O–H groups in total. The summed E-state index contributed by atoms with van der Waals surface area (Å²) in [6, 6.07) is 13.7. The van der Waals surface area contributed by atoms with E-state index in [0.717, 1.165) is 24.3 Å². The van der Waals surface area contributed by atoms with Crippen LogP contribution in [0.1, 0.15) is 5.56 Å². The van der Waals surface area contributed by atoms with Crippen molar-refractivity contribution in [1.29, 1.82) is 0 Å². The van der Waals surface area contributed by atoms with E-state index in [2.05, 4.69) is 13.3 Å². The molecular weight excluding hydrogens is 329 g/mol. The fourth-order valence-corrected chi connectivity index (χ4v) is 0.971. The third-order valence-electron chi connectivity index (χ3n) is 1.75. The number of rotatable bonds is 0. The molecule has 0 radical (unpaired) electrons. The summed E-state index contributed by atoms with van der Waals surface area (Å²) in [6.45, 7) is 9.00. The molecule has 0 aromatic heterocycles. The summed E-state index contributed by atoms with van der Waals surface area (Å²) in [5, 5.41) is 8.66. The molecule has 114 valence electrons. The molecule has 0 spiro atoms. The minimum atomic E-state index is -4.33. The molecule has 3 nitrogen and oxygen atoms in total. The second-order valence-corrected chi connectivity index (χ2v) is 3.01. The van der Waals surface area contributed by atoms with Gasteiger partial charge in [0.1, 0.15) is 5.75 Å². The smallest absolute Gasteiger partial charge is 0 e. The Kier molecular flexibility index (Phi) is 16.8. The first kappa shape index (κ1) is 24.2. The number of phenolic OH excluding ortho intramolecular Hbond substituents is 1. The van der Waals surface area contributed by atoms with Crippen molar-refractivity contribution in [1.82, 2.24) is 0 Å². The number of alkyl halides is 3. The van der Waals surface area contributed by atoms with Crippen LogP contribution >= 0.6 is 0 Å². The van der Waals surface area contributed by atoms with Gasteiger partial charge in [-0.25, -0.2) is 12.1 Å². The van der Waals surface area contributed by atoms with Gasteiger partial charge in [-0.2, -0.15) is 31.4 Å². The molecule has 2 rings (SSSR count). The Balaban J connectivity index is -0.000000273. The van der Waals surface area contributed by atoms with Gasteiger partial charge in [-0.1, -0.05) is 0 Å². The summed E-state index contributed by atoms with van der Waals surface area (Å²) in [7, 11) is 0. The molecule has 2 aromatic carbocycles. The van der Waals surface area contributed by atoms with Crippen LogP contribution < -0.4 is 0 Å². The maximum absolute atomic E-state index is 11.8. The van der Waals surface area contributed by atoms with Crippen molar-refractivity contribution in [2.75, 3.05) is 0 Å². The van der Waals surface area contributed by atoms with E-state index in [1.54, 1.807) is 0 Å². The molecule has 0 aliphatic carbocycles. The molecule has 0 heterocycles. The van der Waals surface area contributed by atoms with E-state index in [0.29, 0.717) is 0 Å². The van der Waals surface area contributed by atoms with Gasteiger partial charge < -0.3 is 5.11 Å². The zero-order valence-corrected chi connectivity index (χ0v) is 11.6. The zero-order chi connectivity index (χ0) is 16.0. The third-order valence-corrected chi connectivity index (χ3v) is 1.75. The van der Waals surface area contributed by atoms with Crippen molar-refractivity contribution in [3.63, 3.8) is 0 Å². The Labute approximate surface area is 130 Å². The summed E-state index contributed by atoms with van der Waals surface area (Å²) in [4.78, 5) is 0.